The molecule has 2 atom stereocenters. The Morgan fingerprint density at radius 2 is 2.29 bits per heavy atom. The number of pyridine rings is 1. The summed E-state index contributed by atoms with van der Waals surface area (Å²) in [7, 11) is -3.10. The van der Waals surface area contributed by atoms with Crippen LogP contribution in [0, 0.1) is 5.92 Å². The number of aryl methyl sites for hydroxylation is 1. The summed E-state index contributed by atoms with van der Waals surface area (Å²) in [6, 6.07) is 3.87. The van der Waals surface area contributed by atoms with Crippen LogP contribution in [0.1, 0.15) is 43.5 Å². The molecule has 1 saturated heterocycles. The lowest BCUT2D eigenvalue weighted by atomic mass is 9.90. The quantitative estimate of drug-likeness (QED) is 0.898. The Bertz CT molecular complexity index is 574. The third kappa shape index (κ3) is 4.25. The molecule has 0 amide bonds. The first-order valence-electron chi connectivity index (χ1n) is 7.56. The maximum absolute atomic E-state index is 11.7. The maximum atomic E-state index is 11.7. The van der Waals surface area contributed by atoms with E-state index in [0.29, 0.717) is 19.0 Å². The summed E-state index contributed by atoms with van der Waals surface area (Å²) < 4.78 is 24.9. The summed E-state index contributed by atoms with van der Waals surface area (Å²) >= 11 is 0. The van der Waals surface area contributed by atoms with Gasteiger partial charge in [-0.3, -0.25) is 4.98 Å². The van der Waals surface area contributed by atoms with E-state index in [2.05, 4.69) is 18.0 Å². The summed E-state index contributed by atoms with van der Waals surface area (Å²) in [6.45, 7) is 3.31. The van der Waals surface area contributed by atoms with E-state index in [1.54, 1.807) is 10.5 Å². The van der Waals surface area contributed by atoms with Crippen molar-refractivity contribution in [1.82, 2.24) is 9.29 Å². The average molecular weight is 311 g/mol. The minimum atomic E-state index is -3.10. The van der Waals surface area contributed by atoms with E-state index in [0.717, 1.165) is 31.4 Å². The number of nitrogens with zero attached hydrogens (tertiary/aromatic N) is 2. The van der Waals surface area contributed by atoms with Gasteiger partial charge in [0, 0.05) is 25.3 Å². The largest absolute Gasteiger partial charge is 0.323 e. The molecule has 118 valence electrons. The van der Waals surface area contributed by atoms with Gasteiger partial charge in [0.25, 0.3) is 0 Å². The molecule has 5 nitrogen and oxygen atoms in total. The summed E-state index contributed by atoms with van der Waals surface area (Å²) in [5.74, 6) is 0.315. The minimum Gasteiger partial charge on any atom is -0.323 e. The van der Waals surface area contributed by atoms with Crippen LogP contribution >= 0.6 is 0 Å². The normalized spacial score (nSPS) is 22.1. The first-order chi connectivity index (χ1) is 9.91. The van der Waals surface area contributed by atoms with Gasteiger partial charge < -0.3 is 5.73 Å². The molecule has 2 heterocycles. The van der Waals surface area contributed by atoms with Crippen molar-refractivity contribution in [2.45, 2.75) is 38.6 Å². The number of aromatic nitrogens is 1. The summed E-state index contributed by atoms with van der Waals surface area (Å²) in [4.78, 5) is 4.43. The lowest BCUT2D eigenvalue weighted by molar-refractivity contribution is 0.246. The molecule has 0 bridgehead atoms. The molecule has 0 aliphatic carbocycles. The Labute approximate surface area is 127 Å². The van der Waals surface area contributed by atoms with Gasteiger partial charge in [-0.05, 0) is 43.2 Å². The van der Waals surface area contributed by atoms with E-state index >= 15 is 0 Å². The second-order valence-electron chi connectivity index (χ2n) is 5.87. The molecule has 0 spiro atoms. The van der Waals surface area contributed by atoms with Crippen LogP contribution in [0.25, 0.3) is 0 Å². The molecule has 1 aliphatic heterocycles. The van der Waals surface area contributed by atoms with Gasteiger partial charge in [-0.2, -0.15) is 0 Å². The average Bonchev–Trinajstić information content (AvgIpc) is 2.46. The van der Waals surface area contributed by atoms with E-state index in [-0.39, 0.29) is 6.04 Å². The van der Waals surface area contributed by atoms with Crippen molar-refractivity contribution in [3.8, 4) is 0 Å². The van der Waals surface area contributed by atoms with Gasteiger partial charge in [0.15, 0.2) is 0 Å². The van der Waals surface area contributed by atoms with Crippen LogP contribution in [-0.4, -0.2) is 37.1 Å². The van der Waals surface area contributed by atoms with Crippen molar-refractivity contribution >= 4 is 10.0 Å². The van der Waals surface area contributed by atoms with Crippen molar-refractivity contribution in [3.63, 3.8) is 0 Å². The molecule has 2 rings (SSSR count). The zero-order chi connectivity index (χ0) is 15.5. The molecule has 1 aromatic heterocycles. The molecular formula is C15H25N3O2S. The first-order valence-corrected chi connectivity index (χ1v) is 9.41. The summed E-state index contributed by atoms with van der Waals surface area (Å²) in [6.07, 6.45) is 6.70. The highest BCUT2D eigenvalue weighted by Gasteiger charge is 2.27. The fraction of sp³-hybridized carbons (Fsp3) is 0.667. The van der Waals surface area contributed by atoms with Gasteiger partial charge in [-0.15, -0.1) is 0 Å². The zero-order valence-corrected chi connectivity index (χ0v) is 13.6. The molecule has 2 unspecified atom stereocenters. The highest BCUT2D eigenvalue weighted by molar-refractivity contribution is 7.88. The molecule has 6 heteroatoms. The van der Waals surface area contributed by atoms with Gasteiger partial charge in [0.1, 0.15) is 0 Å². The second-order valence-corrected chi connectivity index (χ2v) is 7.86. The fourth-order valence-corrected chi connectivity index (χ4v) is 4.02. The molecular weight excluding hydrogens is 286 g/mol. The van der Waals surface area contributed by atoms with Crippen LogP contribution in [0.15, 0.2) is 18.3 Å². The van der Waals surface area contributed by atoms with E-state index in [9.17, 15) is 8.42 Å². The highest BCUT2D eigenvalue weighted by Crippen LogP contribution is 2.27. The first kappa shape index (κ1) is 16.4. The third-order valence-electron chi connectivity index (χ3n) is 4.20. The summed E-state index contributed by atoms with van der Waals surface area (Å²) in [5, 5.41) is 0. The number of hydrogen-bond donors (Lipinski definition) is 1. The van der Waals surface area contributed by atoms with Gasteiger partial charge in [0.05, 0.1) is 11.9 Å². The van der Waals surface area contributed by atoms with E-state index in [4.69, 9.17) is 5.73 Å². The predicted molar refractivity (Wildman–Crippen MR) is 84.3 cm³/mol. The zero-order valence-electron chi connectivity index (χ0n) is 12.8. The number of rotatable bonds is 5. The number of piperidine rings is 1. The van der Waals surface area contributed by atoms with Crippen LogP contribution < -0.4 is 5.73 Å². The number of nitrogens with two attached hydrogens (primary N) is 1. The van der Waals surface area contributed by atoms with Crippen LogP contribution in [0.5, 0.6) is 0 Å². The molecule has 1 aromatic rings. The Kier molecular flexibility index (Phi) is 5.35. The minimum absolute atomic E-state index is 0.120. The van der Waals surface area contributed by atoms with Gasteiger partial charge >= 0.3 is 0 Å². The van der Waals surface area contributed by atoms with E-state index in [1.165, 1.54) is 11.8 Å². The lowest BCUT2D eigenvalue weighted by Gasteiger charge is -2.32. The smallest absolute Gasteiger partial charge is 0.211 e. The van der Waals surface area contributed by atoms with Crippen molar-refractivity contribution in [3.05, 3.63) is 29.6 Å². The predicted octanol–water partition coefficient (Wildman–Crippen LogP) is 1.71. The molecule has 0 saturated carbocycles. The second kappa shape index (κ2) is 6.85. The number of hydrogen-bond acceptors (Lipinski definition) is 4. The van der Waals surface area contributed by atoms with Crippen LogP contribution in [0.3, 0.4) is 0 Å². The van der Waals surface area contributed by atoms with Crippen LogP contribution in [-0.2, 0) is 16.4 Å². The highest BCUT2D eigenvalue weighted by atomic mass is 32.2. The molecule has 1 aliphatic rings. The number of sulfonamides is 1. The van der Waals surface area contributed by atoms with Gasteiger partial charge in [-0.25, -0.2) is 12.7 Å². The topological polar surface area (TPSA) is 76.3 Å². The van der Waals surface area contributed by atoms with Gasteiger partial charge in [-0.1, -0.05) is 13.0 Å². The van der Waals surface area contributed by atoms with E-state index < -0.39 is 10.0 Å². The van der Waals surface area contributed by atoms with Crippen molar-refractivity contribution in [2.75, 3.05) is 19.3 Å². The Balaban J connectivity index is 2.04. The lowest BCUT2D eigenvalue weighted by Crippen LogP contribution is -2.40. The monoisotopic (exact) mass is 311 g/mol. The fourth-order valence-electron chi connectivity index (χ4n) is 3.07. The molecule has 2 N–H and O–H groups in total. The molecule has 21 heavy (non-hydrogen) atoms. The molecule has 0 aromatic carbocycles. The van der Waals surface area contributed by atoms with Crippen LogP contribution in [0.2, 0.25) is 0 Å². The Hall–Kier alpha value is -0.980. The standard InChI is InChI=1S/C15H25N3O2S/c1-3-13-7-4-8-17-15(13)14(16)10-12-6-5-9-18(11-12)21(2,19)20/h4,7-8,12,14H,3,5-6,9-11,16H2,1-2H3. The van der Waals surface area contributed by atoms with Crippen molar-refractivity contribution in [1.29, 1.82) is 0 Å². The Morgan fingerprint density at radius 1 is 1.52 bits per heavy atom. The van der Waals surface area contributed by atoms with E-state index in [1.807, 2.05) is 6.07 Å². The third-order valence-corrected chi connectivity index (χ3v) is 5.47. The van der Waals surface area contributed by atoms with Crippen molar-refractivity contribution in [2.24, 2.45) is 11.7 Å². The molecule has 0 radical (unpaired) electrons. The Morgan fingerprint density at radius 3 is 2.95 bits per heavy atom. The maximum Gasteiger partial charge on any atom is 0.211 e. The SMILES string of the molecule is CCc1cccnc1C(N)CC1CCCN(S(C)(=O)=O)C1. The van der Waals surface area contributed by atoms with Crippen molar-refractivity contribution < 1.29 is 8.42 Å². The summed E-state index contributed by atoms with van der Waals surface area (Å²) in [5.41, 5.74) is 8.46. The van der Waals surface area contributed by atoms with Gasteiger partial charge in [0.2, 0.25) is 10.0 Å². The molecule has 1 fully saturated rings. The van der Waals surface area contributed by atoms with Crippen LogP contribution in [0.4, 0.5) is 0 Å².